The SMILES string of the molecule is NOCc1nc(CSc2ccc(F)cc2)no1. The summed E-state index contributed by atoms with van der Waals surface area (Å²) in [6.07, 6.45) is 0. The number of thioether (sulfide) groups is 1. The minimum atomic E-state index is -0.253. The van der Waals surface area contributed by atoms with E-state index in [1.165, 1.54) is 23.9 Å². The molecule has 0 bridgehead atoms. The topological polar surface area (TPSA) is 74.2 Å². The molecule has 5 nitrogen and oxygen atoms in total. The fourth-order valence-corrected chi connectivity index (χ4v) is 1.90. The lowest BCUT2D eigenvalue weighted by atomic mass is 10.4. The highest BCUT2D eigenvalue weighted by atomic mass is 32.2. The Hall–Kier alpha value is -1.44. The highest BCUT2D eigenvalue weighted by molar-refractivity contribution is 7.98. The summed E-state index contributed by atoms with van der Waals surface area (Å²) >= 11 is 1.49. The van der Waals surface area contributed by atoms with Gasteiger partial charge in [-0.1, -0.05) is 5.16 Å². The molecule has 0 amide bonds. The van der Waals surface area contributed by atoms with Gasteiger partial charge in [0.25, 0.3) is 5.89 Å². The van der Waals surface area contributed by atoms with Crippen LogP contribution in [0.3, 0.4) is 0 Å². The Labute approximate surface area is 101 Å². The Bertz CT molecular complexity index is 475. The highest BCUT2D eigenvalue weighted by Crippen LogP contribution is 2.21. The van der Waals surface area contributed by atoms with E-state index < -0.39 is 0 Å². The van der Waals surface area contributed by atoms with Crippen LogP contribution in [0.4, 0.5) is 4.39 Å². The summed E-state index contributed by atoms with van der Waals surface area (Å²) in [5.74, 6) is 6.05. The van der Waals surface area contributed by atoms with Crippen LogP contribution >= 0.6 is 11.8 Å². The second-order valence-electron chi connectivity index (χ2n) is 3.16. The van der Waals surface area contributed by atoms with Gasteiger partial charge in [-0.15, -0.1) is 11.8 Å². The molecule has 0 fully saturated rings. The molecule has 2 aromatic rings. The van der Waals surface area contributed by atoms with Crippen LogP contribution in [-0.2, 0) is 17.2 Å². The number of nitrogens with zero attached hydrogens (tertiary/aromatic N) is 2. The van der Waals surface area contributed by atoms with Gasteiger partial charge in [-0.2, -0.15) is 4.98 Å². The maximum Gasteiger partial charge on any atom is 0.254 e. The monoisotopic (exact) mass is 255 g/mol. The summed E-state index contributed by atoms with van der Waals surface area (Å²) in [7, 11) is 0. The van der Waals surface area contributed by atoms with Crippen molar-refractivity contribution in [3.8, 4) is 0 Å². The zero-order chi connectivity index (χ0) is 12.1. The van der Waals surface area contributed by atoms with Gasteiger partial charge in [0.2, 0.25) is 0 Å². The van der Waals surface area contributed by atoms with Crippen molar-refractivity contribution in [1.82, 2.24) is 10.1 Å². The molecule has 0 aliphatic heterocycles. The number of hydrogen-bond donors (Lipinski definition) is 1. The van der Waals surface area contributed by atoms with Crippen LogP contribution in [0, 0.1) is 5.82 Å². The van der Waals surface area contributed by atoms with Gasteiger partial charge in [0, 0.05) is 4.90 Å². The molecule has 1 aromatic heterocycles. The van der Waals surface area contributed by atoms with Gasteiger partial charge >= 0.3 is 0 Å². The van der Waals surface area contributed by atoms with Crippen molar-refractivity contribution >= 4 is 11.8 Å². The molecule has 0 aliphatic rings. The molecule has 17 heavy (non-hydrogen) atoms. The Morgan fingerprint density at radius 3 is 2.82 bits per heavy atom. The molecule has 1 aromatic carbocycles. The predicted molar refractivity (Wildman–Crippen MR) is 59.2 cm³/mol. The van der Waals surface area contributed by atoms with Crippen molar-refractivity contribution in [3.05, 3.63) is 41.8 Å². The maximum atomic E-state index is 12.7. The van der Waals surface area contributed by atoms with E-state index in [9.17, 15) is 4.39 Å². The molecule has 0 unspecified atom stereocenters. The van der Waals surface area contributed by atoms with Gasteiger partial charge in [-0.05, 0) is 24.3 Å². The number of nitrogens with two attached hydrogens (primary N) is 1. The lowest BCUT2D eigenvalue weighted by molar-refractivity contribution is 0.0995. The van der Waals surface area contributed by atoms with E-state index in [-0.39, 0.29) is 12.4 Å². The average Bonchev–Trinajstić information content (AvgIpc) is 2.77. The molecule has 0 atom stereocenters. The Balaban J connectivity index is 1.90. The standard InChI is InChI=1S/C10H10FN3O2S/c11-7-1-3-8(4-2-7)17-6-9-13-10(5-15-12)16-14-9/h1-4H,5-6,12H2. The van der Waals surface area contributed by atoms with Crippen LogP contribution in [0.5, 0.6) is 0 Å². The fourth-order valence-electron chi connectivity index (χ4n) is 1.16. The van der Waals surface area contributed by atoms with E-state index in [0.717, 1.165) is 4.90 Å². The van der Waals surface area contributed by atoms with Crippen LogP contribution in [0.2, 0.25) is 0 Å². The van der Waals surface area contributed by atoms with E-state index in [2.05, 4.69) is 15.0 Å². The molecule has 0 spiro atoms. The van der Waals surface area contributed by atoms with Gasteiger partial charge in [-0.25, -0.2) is 10.3 Å². The molecular formula is C10H10FN3O2S. The molecule has 0 saturated carbocycles. The van der Waals surface area contributed by atoms with Crippen LogP contribution in [0.1, 0.15) is 11.7 Å². The molecule has 2 N–H and O–H groups in total. The van der Waals surface area contributed by atoms with Crippen molar-refractivity contribution < 1.29 is 13.8 Å². The first-order chi connectivity index (χ1) is 8.28. The molecule has 2 rings (SSSR count). The smallest absolute Gasteiger partial charge is 0.254 e. The number of benzene rings is 1. The van der Waals surface area contributed by atoms with Gasteiger partial charge in [0.05, 0.1) is 5.75 Å². The van der Waals surface area contributed by atoms with Crippen molar-refractivity contribution in [2.45, 2.75) is 17.3 Å². The van der Waals surface area contributed by atoms with Crippen molar-refractivity contribution in [1.29, 1.82) is 0 Å². The van der Waals surface area contributed by atoms with Gasteiger partial charge in [-0.3, -0.25) is 4.84 Å². The lowest BCUT2D eigenvalue weighted by Crippen LogP contribution is -1.98. The fraction of sp³-hybridized carbons (Fsp3) is 0.200. The van der Waals surface area contributed by atoms with E-state index in [0.29, 0.717) is 17.5 Å². The first-order valence-electron chi connectivity index (χ1n) is 4.79. The summed E-state index contributed by atoms with van der Waals surface area (Å²) in [5, 5.41) is 3.75. The van der Waals surface area contributed by atoms with Crippen LogP contribution < -0.4 is 5.90 Å². The number of halogens is 1. The summed E-state index contributed by atoms with van der Waals surface area (Å²) in [6.45, 7) is 0.0915. The minimum absolute atomic E-state index is 0.0915. The van der Waals surface area contributed by atoms with Crippen molar-refractivity contribution in [3.63, 3.8) is 0 Å². The van der Waals surface area contributed by atoms with E-state index >= 15 is 0 Å². The average molecular weight is 255 g/mol. The minimum Gasteiger partial charge on any atom is -0.337 e. The largest absolute Gasteiger partial charge is 0.337 e. The molecule has 0 aliphatic carbocycles. The summed E-state index contributed by atoms with van der Waals surface area (Å²) in [4.78, 5) is 9.37. The first kappa shape index (κ1) is 12.0. The normalized spacial score (nSPS) is 10.7. The van der Waals surface area contributed by atoms with E-state index in [1.807, 2.05) is 0 Å². The molecular weight excluding hydrogens is 245 g/mol. The predicted octanol–water partition coefficient (Wildman–Crippen LogP) is 1.89. The first-order valence-corrected chi connectivity index (χ1v) is 5.78. The Morgan fingerprint density at radius 2 is 2.12 bits per heavy atom. The quantitative estimate of drug-likeness (QED) is 0.649. The zero-order valence-corrected chi connectivity index (χ0v) is 9.61. The summed E-state index contributed by atoms with van der Waals surface area (Å²) in [5.41, 5.74) is 0. The molecule has 7 heteroatoms. The van der Waals surface area contributed by atoms with Crippen LogP contribution in [-0.4, -0.2) is 10.1 Å². The van der Waals surface area contributed by atoms with E-state index in [4.69, 9.17) is 10.4 Å². The number of aromatic nitrogens is 2. The molecule has 90 valence electrons. The van der Waals surface area contributed by atoms with E-state index in [1.54, 1.807) is 12.1 Å². The maximum absolute atomic E-state index is 12.7. The highest BCUT2D eigenvalue weighted by Gasteiger charge is 2.06. The Morgan fingerprint density at radius 1 is 1.35 bits per heavy atom. The third-order valence-electron chi connectivity index (χ3n) is 1.90. The zero-order valence-electron chi connectivity index (χ0n) is 8.80. The Kier molecular flexibility index (Phi) is 4.08. The van der Waals surface area contributed by atoms with Crippen molar-refractivity contribution in [2.24, 2.45) is 5.90 Å². The lowest BCUT2D eigenvalue weighted by Gasteiger charge is -1.97. The molecule has 0 saturated heterocycles. The van der Waals surface area contributed by atoms with Gasteiger partial charge < -0.3 is 4.52 Å². The molecule has 0 radical (unpaired) electrons. The number of rotatable bonds is 5. The second-order valence-corrected chi connectivity index (χ2v) is 4.21. The van der Waals surface area contributed by atoms with Gasteiger partial charge in [0.1, 0.15) is 12.4 Å². The van der Waals surface area contributed by atoms with Gasteiger partial charge in [0.15, 0.2) is 5.82 Å². The molecule has 1 heterocycles. The van der Waals surface area contributed by atoms with Crippen LogP contribution in [0.25, 0.3) is 0 Å². The summed E-state index contributed by atoms with van der Waals surface area (Å²) in [6, 6.07) is 6.21. The third kappa shape index (κ3) is 3.52. The van der Waals surface area contributed by atoms with Crippen LogP contribution in [0.15, 0.2) is 33.7 Å². The second kappa shape index (κ2) is 5.76. The van der Waals surface area contributed by atoms with Crippen molar-refractivity contribution in [2.75, 3.05) is 0 Å². The third-order valence-corrected chi connectivity index (χ3v) is 2.91. The summed E-state index contributed by atoms with van der Waals surface area (Å²) < 4.78 is 17.5. The number of hydrogen-bond acceptors (Lipinski definition) is 6.